The highest BCUT2D eigenvalue weighted by Gasteiger charge is 2.36. The fourth-order valence-corrected chi connectivity index (χ4v) is 4.22. The van der Waals surface area contributed by atoms with Crippen molar-refractivity contribution in [1.82, 2.24) is 14.7 Å². The van der Waals surface area contributed by atoms with Crippen LogP contribution in [0.5, 0.6) is 5.75 Å². The maximum Gasteiger partial charge on any atom is 0.274 e. The average molecular weight is 391 g/mol. The Labute approximate surface area is 169 Å². The summed E-state index contributed by atoms with van der Waals surface area (Å²) in [6.07, 6.45) is 1.67. The maximum absolute atomic E-state index is 13.3. The number of hydrogen-bond acceptors (Lipinski definition) is 4. The molecule has 1 aliphatic heterocycles. The molecule has 0 unspecified atom stereocenters. The van der Waals surface area contributed by atoms with E-state index in [9.17, 15) is 9.59 Å². The number of rotatable bonds is 3. The fraction of sp³-hybridized carbons (Fsp3) is 0.348. The maximum atomic E-state index is 13.3. The molecular formula is C23H25N3O3. The number of piperidine rings is 1. The second-order valence-electron chi connectivity index (χ2n) is 7.88. The van der Waals surface area contributed by atoms with Gasteiger partial charge in [0.15, 0.2) is 5.69 Å². The molecule has 29 heavy (non-hydrogen) atoms. The van der Waals surface area contributed by atoms with Gasteiger partial charge < -0.3 is 9.64 Å². The van der Waals surface area contributed by atoms with Crippen LogP contribution in [0.3, 0.4) is 0 Å². The zero-order chi connectivity index (χ0) is 20.6. The molecule has 0 radical (unpaired) electrons. The molecule has 0 N–H and O–H groups in total. The van der Waals surface area contributed by atoms with Gasteiger partial charge in [-0.05, 0) is 30.4 Å². The first kappa shape index (κ1) is 19.2. The first-order valence-electron chi connectivity index (χ1n) is 9.83. The lowest BCUT2D eigenvalue weighted by molar-refractivity contribution is 0.0668. The van der Waals surface area contributed by atoms with Gasteiger partial charge in [-0.25, -0.2) is 4.68 Å². The van der Waals surface area contributed by atoms with Crippen molar-refractivity contribution in [3.8, 4) is 5.75 Å². The van der Waals surface area contributed by atoms with Gasteiger partial charge in [0, 0.05) is 31.1 Å². The van der Waals surface area contributed by atoms with Crippen molar-refractivity contribution in [1.29, 1.82) is 0 Å². The van der Waals surface area contributed by atoms with Crippen LogP contribution in [-0.4, -0.2) is 40.8 Å². The largest absolute Gasteiger partial charge is 0.496 e. The molecule has 150 valence electrons. The van der Waals surface area contributed by atoms with Crippen LogP contribution >= 0.6 is 0 Å². The van der Waals surface area contributed by atoms with E-state index in [1.807, 2.05) is 29.2 Å². The van der Waals surface area contributed by atoms with Crippen LogP contribution in [0.4, 0.5) is 0 Å². The number of aromatic nitrogens is 2. The summed E-state index contributed by atoms with van der Waals surface area (Å²) >= 11 is 0. The number of nitrogens with zero attached hydrogens (tertiary/aromatic N) is 3. The molecule has 1 fully saturated rings. The number of benzene rings is 2. The number of amides is 1. The summed E-state index contributed by atoms with van der Waals surface area (Å²) < 4.78 is 6.81. The van der Waals surface area contributed by atoms with Gasteiger partial charge >= 0.3 is 0 Å². The minimum atomic E-state index is -0.195. The van der Waals surface area contributed by atoms with Crippen molar-refractivity contribution in [3.05, 3.63) is 70.1 Å². The summed E-state index contributed by atoms with van der Waals surface area (Å²) in [7, 11) is 3.28. The smallest absolute Gasteiger partial charge is 0.274 e. The SMILES string of the molecule is COc1ccccc1C1(C)CCN(C(=O)c2nn(C)c(=O)c3ccccc23)CC1. The van der Waals surface area contributed by atoms with E-state index in [0.29, 0.717) is 29.6 Å². The van der Waals surface area contributed by atoms with Crippen molar-refractivity contribution in [2.45, 2.75) is 25.2 Å². The Hall–Kier alpha value is -3.15. The Morgan fingerprint density at radius 3 is 2.34 bits per heavy atom. The number of ether oxygens (including phenoxy) is 1. The van der Waals surface area contributed by atoms with Crippen molar-refractivity contribution >= 4 is 16.7 Å². The lowest BCUT2D eigenvalue weighted by Crippen LogP contribution is -2.44. The molecule has 2 aromatic carbocycles. The Kier molecular flexibility index (Phi) is 4.86. The number of hydrogen-bond donors (Lipinski definition) is 0. The fourth-order valence-electron chi connectivity index (χ4n) is 4.22. The number of para-hydroxylation sites is 1. The van der Waals surface area contributed by atoms with Crippen LogP contribution in [-0.2, 0) is 12.5 Å². The van der Waals surface area contributed by atoms with E-state index < -0.39 is 0 Å². The summed E-state index contributed by atoms with van der Waals surface area (Å²) in [6.45, 7) is 3.49. The summed E-state index contributed by atoms with van der Waals surface area (Å²) in [5.41, 5.74) is 1.27. The number of methoxy groups -OCH3 is 1. The molecule has 0 saturated carbocycles. The van der Waals surface area contributed by atoms with Crippen molar-refractivity contribution in [2.24, 2.45) is 7.05 Å². The second-order valence-corrected chi connectivity index (χ2v) is 7.88. The van der Waals surface area contributed by atoms with Crippen LogP contribution in [0.15, 0.2) is 53.3 Å². The van der Waals surface area contributed by atoms with Gasteiger partial charge in [0.05, 0.1) is 12.5 Å². The molecule has 6 heteroatoms. The number of carbonyl (C=O) groups is 1. The highest BCUT2D eigenvalue weighted by Crippen LogP contribution is 2.40. The Morgan fingerprint density at radius 2 is 1.66 bits per heavy atom. The second kappa shape index (κ2) is 7.35. The summed E-state index contributed by atoms with van der Waals surface area (Å²) in [5.74, 6) is 0.763. The van der Waals surface area contributed by atoms with Crippen LogP contribution < -0.4 is 10.3 Å². The minimum Gasteiger partial charge on any atom is -0.496 e. The average Bonchev–Trinajstić information content (AvgIpc) is 2.76. The summed E-state index contributed by atoms with van der Waals surface area (Å²) in [5, 5.41) is 5.42. The molecular weight excluding hydrogens is 366 g/mol. The molecule has 6 nitrogen and oxygen atoms in total. The van der Waals surface area contributed by atoms with Gasteiger partial charge in [0.25, 0.3) is 11.5 Å². The normalized spacial score (nSPS) is 16.0. The topological polar surface area (TPSA) is 64.4 Å². The molecule has 4 rings (SSSR count). The van der Waals surface area contributed by atoms with E-state index in [1.165, 1.54) is 10.2 Å². The third kappa shape index (κ3) is 3.28. The van der Waals surface area contributed by atoms with Crippen LogP contribution in [0, 0.1) is 0 Å². The molecule has 0 aliphatic carbocycles. The molecule has 1 amide bonds. The van der Waals surface area contributed by atoms with Gasteiger partial charge in [-0.3, -0.25) is 9.59 Å². The van der Waals surface area contributed by atoms with E-state index in [-0.39, 0.29) is 16.9 Å². The zero-order valence-electron chi connectivity index (χ0n) is 17.0. The molecule has 1 aromatic heterocycles. The molecule has 0 bridgehead atoms. The lowest BCUT2D eigenvalue weighted by atomic mass is 9.74. The molecule has 1 saturated heterocycles. The lowest BCUT2D eigenvalue weighted by Gasteiger charge is -2.40. The van der Waals surface area contributed by atoms with E-state index in [2.05, 4.69) is 18.1 Å². The molecule has 3 aromatic rings. The first-order chi connectivity index (χ1) is 13.9. The summed E-state index contributed by atoms with van der Waals surface area (Å²) in [4.78, 5) is 27.5. The molecule has 2 heterocycles. The van der Waals surface area contributed by atoms with Gasteiger partial charge in [0.1, 0.15) is 5.75 Å². The predicted molar refractivity (Wildman–Crippen MR) is 112 cm³/mol. The third-order valence-corrected chi connectivity index (χ3v) is 6.07. The molecule has 1 aliphatic rings. The van der Waals surface area contributed by atoms with E-state index in [4.69, 9.17) is 4.74 Å². The quantitative estimate of drug-likeness (QED) is 0.688. The number of likely N-dealkylation sites (tertiary alicyclic amines) is 1. The monoisotopic (exact) mass is 391 g/mol. The standard InChI is InChI=1S/C23H25N3O3/c1-23(18-10-6-7-11-19(18)29-3)12-14-26(15-13-23)22(28)20-16-8-4-5-9-17(16)21(27)25(2)24-20/h4-11H,12-15H2,1-3H3. The van der Waals surface area contributed by atoms with Gasteiger partial charge in [-0.1, -0.05) is 43.3 Å². The molecule has 0 atom stereocenters. The zero-order valence-corrected chi connectivity index (χ0v) is 17.0. The van der Waals surface area contributed by atoms with Crippen molar-refractivity contribution in [3.63, 3.8) is 0 Å². The van der Waals surface area contributed by atoms with Crippen molar-refractivity contribution in [2.75, 3.05) is 20.2 Å². The minimum absolute atomic E-state index is 0.0532. The summed E-state index contributed by atoms with van der Waals surface area (Å²) in [6, 6.07) is 15.3. The Morgan fingerprint density at radius 1 is 1.03 bits per heavy atom. The van der Waals surface area contributed by atoms with E-state index in [1.54, 1.807) is 32.4 Å². The highest BCUT2D eigenvalue weighted by molar-refractivity contribution is 6.04. The third-order valence-electron chi connectivity index (χ3n) is 6.07. The Balaban J connectivity index is 1.61. The highest BCUT2D eigenvalue weighted by atomic mass is 16.5. The first-order valence-corrected chi connectivity index (χ1v) is 9.83. The van der Waals surface area contributed by atoms with Crippen LogP contribution in [0.25, 0.3) is 10.8 Å². The van der Waals surface area contributed by atoms with Gasteiger partial charge in [-0.15, -0.1) is 0 Å². The van der Waals surface area contributed by atoms with E-state index >= 15 is 0 Å². The van der Waals surface area contributed by atoms with Crippen LogP contribution in [0.2, 0.25) is 0 Å². The van der Waals surface area contributed by atoms with Crippen LogP contribution in [0.1, 0.15) is 35.8 Å². The number of carbonyl (C=O) groups excluding carboxylic acids is 1. The number of fused-ring (bicyclic) bond motifs is 1. The molecule has 0 spiro atoms. The predicted octanol–water partition coefficient (Wildman–Crippen LogP) is 3.14. The number of aryl methyl sites for hydroxylation is 1. The Bertz CT molecular complexity index is 1130. The van der Waals surface area contributed by atoms with Gasteiger partial charge in [-0.2, -0.15) is 5.10 Å². The van der Waals surface area contributed by atoms with Crippen molar-refractivity contribution < 1.29 is 9.53 Å². The van der Waals surface area contributed by atoms with Gasteiger partial charge in [0.2, 0.25) is 0 Å². The van der Waals surface area contributed by atoms with E-state index in [0.717, 1.165) is 18.6 Å².